The van der Waals surface area contributed by atoms with Gasteiger partial charge >= 0.3 is 0 Å². The summed E-state index contributed by atoms with van der Waals surface area (Å²) in [5, 5.41) is 3.04. The molecule has 5 nitrogen and oxygen atoms in total. The van der Waals surface area contributed by atoms with Gasteiger partial charge in [0, 0.05) is 18.0 Å². The first kappa shape index (κ1) is 23.1. The number of hydrogen-bond acceptors (Lipinski definition) is 3. The molecule has 0 aliphatic heterocycles. The molecule has 0 heterocycles. The van der Waals surface area contributed by atoms with Crippen LogP contribution in [0.2, 0.25) is 0 Å². The highest BCUT2D eigenvalue weighted by Crippen LogP contribution is 2.15. The minimum atomic E-state index is -3.54. The average Bonchev–Trinajstić information content (AvgIpc) is 2.64. The second kappa shape index (κ2) is 10.0. The molecule has 0 aliphatic carbocycles. The van der Waals surface area contributed by atoms with Crippen LogP contribution >= 0.6 is 0 Å². The van der Waals surface area contributed by atoms with Gasteiger partial charge in [-0.2, -0.15) is 0 Å². The van der Waals surface area contributed by atoms with Crippen LogP contribution in [0, 0.1) is 0 Å². The Hall–Kier alpha value is -2.18. The number of carbonyl (C=O) groups is 1. The Kier molecular flexibility index (Phi) is 7.99. The van der Waals surface area contributed by atoms with E-state index in [1.54, 1.807) is 45.0 Å². The summed E-state index contributed by atoms with van der Waals surface area (Å²) in [5.41, 5.74) is 1.67. The molecule has 2 N–H and O–H groups in total. The van der Waals surface area contributed by atoms with Crippen LogP contribution in [0.4, 0.5) is 0 Å². The summed E-state index contributed by atoms with van der Waals surface area (Å²) in [5.74, 6) is 0.0108. The van der Waals surface area contributed by atoms with Crippen molar-refractivity contribution in [2.75, 3.05) is 0 Å². The van der Waals surface area contributed by atoms with Crippen molar-refractivity contribution in [3.8, 4) is 0 Å². The van der Waals surface area contributed by atoms with E-state index in [9.17, 15) is 13.2 Å². The van der Waals surface area contributed by atoms with Crippen molar-refractivity contribution in [2.24, 2.45) is 0 Å². The second-order valence-corrected chi connectivity index (χ2v) is 10.2. The number of sulfonamides is 1. The molecule has 0 spiro atoms. The van der Waals surface area contributed by atoms with Gasteiger partial charge in [-0.15, -0.1) is 0 Å². The predicted molar refractivity (Wildman–Crippen MR) is 117 cm³/mol. The molecule has 158 valence electrons. The molecule has 0 fully saturated rings. The lowest BCUT2D eigenvalue weighted by Gasteiger charge is -2.20. The first-order valence-corrected chi connectivity index (χ1v) is 11.5. The van der Waals surface area contributed by atoms with Crippen LogP contribution in [-0.2, 0) is 27.7 Å². The van der Waals surface area contributed by atoms with Gasteiger partial charge in [-0.25, -0.2) is 13.1 Å². The van der Waals surface area contributed by atoms with E-state index >= 15 is 0 Å². The van der Waals surface area contributed by atoms with E-state index in [-0.39, 0.29) is 16.8 Å². The van der Waals surface area contributed by atoms with Gasteiger partial charge in [0.15, 0.2) is 0 Å². The lowest BCUT2D eigenvalue weighted by molar-refractivity contribution is -0.121. The first-order valence-electron chi connectivity index (χ1n) is 10.0. The minimum Gasteiger partial charge on any atom is -0.354 e. The third-order valence-electron chi connectivity index (χ3n) is 4.43. The van der Waals surface area contributed by atoms with Crippen molar-refractivity contribution < 1.29 is 13.2 Å². The molecule has 0 saturated heterocycles. The topological polar surface area (TPSA) is 75.3 Å². The van der Waals surface area contributed by atoms with E-state index in [4.69, 9.17) is 0 Å². The van der Waals surface area contributed by atoms with Gasteiger partial charge in [0.05, 0.1) is 4.90 Å². The van der Waals surface area contributed by atoms with Crippen molar-refractivity contribution in [1.29, 1.82) is 0 Å². The normalized spacial score (nSPS) is 13.1. The third-order valence-corrected chi connectivity index (χ3v) is 6.21. The Bertz CT molecular complexity index is 886. The van der Waals surface area contributed by atoms with Crippen molar-refractivity contribution in [2.45, 2.75) is 69.9 Å². The zero-order valence-electron chi connectivity index (χ0n) is 17.7. The maximum atomic E-state index is 12.3. The SMILES string of the molecule is C[C@H](CCc1ccccc1)NC(=O)CCc1ccc(S(=O)(=O)NC(C)(C)C)cc1. The number of rotatable bonds is 9. The number of carbonyl (C=O) groups excluding carboxylic acids is 1. The largest absolute Gasteiger partial charge is 0.354 e. The quantitative estimate of drug-likeness (QED) is 0.652. The van der Waals surface area contributed by atoms with Crippen molar-refractivity contribution in [3.63, 3.8) is 0 Å². The molecule has 2 aromatic carbocycles. The fourth-order valence-corrected chi connectivity index (χ4v) is 4.42. The number of aryl methyl sites for hydroxylation is 2. The van der Waals surface area contributed by atoms with E-state index in [1.165, 1.54) is 5.56 Å². The van der Waals surface area contributed by atoms with Gasteiger partial charge in [-0.1, -0.05) is 42.5 Å². The predicted octanol–water partition coefficient (Wildman–Crippen LogP) is 3.83. The third kappa shape index (κ3) is 8.38. The van der Waals surface area contributed by atoms with E-state index < -0.39 is 15.6 Å². The zero-order chi connectivity index (χ0) is 21.5. The van der Waals surface area contributed by atoms with Gasteiger partial charge in [0.2, 0.25) is 15.9 Å². The Morgan fingerprint density at radius 3 is 2.10 bits per heavy atom. The Labute approximate surface area is 175 Å². The van der Waals surface area contributed by atoms with E-state index in [0.717, 1.165) is 18.4 Å². The van der Waals surface area contributed by atoms with Crippen molar-refractivity contribution >= 4 is 15.9 Å². The van der Waals surface area contributed by atoms with Crippen LogP contribution < -0.4 is 10.0 Å². The molecule has 2 aromatic rings. The van der Waals surface area contributed by atoms with Crippen LogP contribution in [0.1, 0.15) is 51.7 Å². The molecule has 0 unspecified atom stereocenters. The van der Waals surface area contributed by atoms with Crippen LogP contribution in [-0.4, -0.2) is 25.9 Å². The molecule has 2 rings (SSSR count). The highest BCUT2D eigenvalue weighted by atomic mass is 32.2. The summed E-state index contributed by atoms with van der Waals surface area (Å²) < 4.78 is 27.3. The van der Waals surface area contributed by atoms with Gasteiger partial charge in [0.25, 0.3) is 0 Å². The van der Waals surface area contributed by atoms with E-state index in [0.29, 0.717) is 12.8 Å². The number of amides is 1. The van der Waals surface area contributed by atoms with Gasteiger partial charge < -0.3 is 5.32 Å². The maximum absolute atomic E-state index is 12.3. The molecule has 0 aromatic heterocycles. The standard InChI is InChI=1S/C23H32N2O3S/c1-18(10-11-19-8-6-5-7-9-19)24-22(26)17-14-20-12-15-21(16-13-20)29(27,28)25-23(2,3)4/h5-9,12-13,15-16,18,25H,10-11,14,17H2,1-4H3,(H,24,26)/t18-/m1/s1. The lowest BCUT2D eigenvalue weighted by Crippen LogP contribution is -2.40. The fourth-order valence-electron chi connectivity index (χ4n) is 3.00. The van der Waals surface area contributed by atoms with Gasteiger partial charge in [-0.05, 0) is 70.2 Å². The number of nitrogens with one attached hydrogen (secondary N) is 2. The molecule has 0 aliphatic rings. The Morgan fingerprint density at radius 1 is 0.931 bits per heavy atom. The fraction of sp³-hybridized carbons (Fsp3) is 0.435. The second-order valence-electron chi connectivity index (χ2n) is 8.49. The summed E-state index contributed by atoms with van der Waals surface area (Å²) in [6, 6.07) is 17.0. The molecule has 29 heavy (non-hydrogen) atoms. The Balaban J connectivity index is 1.79. The molecule has 0 radical (unpaired) electrons. The van der Waals surface area contributed by atoms with Crippen molar-refractivity contribution in [1.82, 2.24) is 10.0 Å². The molecule has 1 amide bonds. The molecule has 0 bridgehead atoms. The van der Waals surface area contributed by atoms with Crippen molar-refractivity contribution in [3.05, 3.63) is 65.7 Å². The van der Waals surface area contributed by atoms with Crippen LogP contribution in [0.3, 0.4) is 0 Å². The maximum Gasteiger partial charge on any atom is 0.241 e. The lowest BCUT2D eigenvalue weighted by atomic mass is 10.1. The highest BCUT2D eigenvalue weighted by molar-refractivity contribution is 7.89. The summed E-state index contributed by atoms with van der Waals surface area (Å²) in [6.07, 6.45) is 2.77. The molecule has 1 atom stereocenters. The van der Waals surface area contributed by atoms with Gasteiger partial charge in [0.1, 0.15) is 0 Å². The average molecular weight is 417 g/mol. The first-order chi connectivity index (χ1) is 13.5. The highest BCUT2D eigenvalue weighted by Gasteiger charge is 2.21. The zero-order valence-corrected chi connectivity index (χ0v) is 18.6. The van der Waals surface area contributed by atoms with E-state index in [2.05, 4.69) is 22.2 Å². The van der Waals surface area contributed by atoms with Crippen LogP contribution in [0.15, 0.2) is 59.5 Å². The molecular weight excluding hydrogens is 384 g/mol. The number of hydrogen-bond donors (Lipinski definition) is 2. The summed E-state index contributed by atoms with van der Waals surface area (Å²) >= 11 is 0. The monoisotopic (exact) mass is 416 g/mol. The van der Waals surface area contributed by atoms with E-state index in [1.807, 2.05) is 25.1 Å². The molecule has 6 heteroatoms. The van der Waals surface area contributed by atoms with Crippen LogP contribution in [0.5, 0.6) is 0 Å². The van der Waals surface area contributed by atoms with Crippen LogP contribution in [0.25, 0.3) is 0 Å². The molecular formula is C23H32N2O3S. The summed E-state index contributed by atoms with van der Waals surface area (Å²) in [6.45, 7) is 7.43. The van der Waals surface area contributed by atoms with Gasteiger partial charge in [-0.3, -0.25) is 4.79 Å². The summed E-state index contributed by atoms with van der Waals surface area (Å²) in [7, 11) is -3.54. The Morgan fingerprint density at radius 2 is 1.52 bits per heavy atom. The minimum absolute atomic E-state index is 0.0108. The smallest absolute Gasteiger partial charge is 0.241 e. The molecule has 0 saturated carbocycles. The number of benzene rings is 2. The summed E-state index contributed by atoms with van der Waals surface area (Å²) in [4.78, 5) is 12.4.